The van der Waals surface area contributed by atoms with E-state index in [-0.39, 0.29) is 24.4 Å². The van der Waals surface area contributed by atoms with Crippen molar-refractivity contribution < 1.29 is 18.0 Å². The summed E-state index contributed by atoms with van der Waals surface area (Å²) in [7, 11) is 0. The molecule has 0 aromatic carbocycles. The molecule has 7 heteroatoms. The lowest BCUT2D eigenvalue weighted by Gasteiger charge is -2.43. The first-order valence-corrected chi connectivity index (χ1v) is 6.47. The summed E-state index contributed by atoms with van der Waals surface area (Å²) in [6.45, 7) is -1.23. The van der Waals surface area contributed by atoms with Gasteiger partial charge >= 0.3 is 6.18 Å². The van der Waals surface area contributed by atoms with E-state index in [0.717, 1.165) is 19.3 Å². The minimum atomic E-state index is -4.34. The summed E-state index contributed by atoms with van der Waals surface area (Å²) >= 11 is 0. The highest BCUT2D eigenvalue weighted by molar-refractivity contribution is 5.85. The van der Waals surface area contributed by atoms with Crippen molar-refractivity contribution >= 4 is 18.3 Å². The summed E-state index contributed by atoms with van der Waals surface area (Å²) in [6.07, 6.45) is 0.0701. The molecule has 0 aromatic rings. The van der Waals surface area contributed by atoms with Crippen molar-refractivity contribution in [2.75, 3.05) is 6.54 Å². The first-order valence-electron chi connectivity index (χ1n) is 6.47. The van der Waals surface area contributed by atoms with E-state index in [1.165, 1.54) is 0 Å². The van der Waals surface area contributed by atoms with Crippen LogP contribution in [0, 0.1) is 17.8 Å². The van der Waals surface area contributed by atoms with Gasteiger partial charge in [-0.3, -0.25) is 4.79 Å². The number of nitrogens with two attached hydrogens (primary N) is 1. The van der Waals surface area contributed by atoms with Crippen LogP contribution < -0.4 is 11.1 Å². The van der Waals surface area contributed by atoms with Gasteiger partial charge in [-0.25, -0.2) is 0 Å². The van der Waals surface area contributed by atoms with Crippen LogP contribution in [0.1, 0.15) is 32.1 Å². The third kappa shape index (κ3) is 4.24. The first-order chi connectivity index (χ1) is 8.37. The molecular weight excluding hydrogens is 281 g/mol. The van der Waals surface area contributed by atoms with Gasteiger partial charge < -0.3 is 11.1 Å². The smallest absolute Gasteiger partial charge is 0.347 e. The maximum atomic E-state index is 12.0. The Labute approximate surface area is 116 Å². The van der Waals surface area contributed by atoms with Crippen molar-refractivity contribution in [3.05, 3.63) is 0 Å². The number of carbonyl (C=O) groups excluding carboxylic acids is 1. The van der Waals surface area contributed by atoms with Gasteiger partial charge in [0.15, 0.2) is 0 Å². The van der Waals surface area contributed by atoms with Crippen molar-refractivity contribution in [1.82, 2.24) is 5.32 Å². The lowest BCUT2D eigenvalue weighted by Crippen LogP contribution is -2.49. The topological polar surface area (TPSA) is 55.1 Å². The monoisotopic (exact) mass is 300 g/mol. The van der Waals surface area contributed by atoms with Gasteiger partial charge in [0, 0.05) is 12.0 Å². The fourth-order valence-electron chi connectivity index (χ4n) is 3.33. The highest BCUT2D eigenvalue weighted by Gasteiger charge is 2.41. The summed E-state index contributed by atoms with van der Waals surface area (Å²) in [6, 6.07) is 0.130. The van der Waals surface area contributed by atoms with Crippen molar-refractivity contribution in [3.8, 4) is 0 Å². The van der Waals surface area contributed by atoms with Crippen LogP contribution in [0.4, 0.5) is 13.2 Å². The second-order valence-corrected chi connectivity index (χ2v) is 5.53. The lowest BCUT2D eigenvalue weighted by atomic mass is 9.65. The molecule has 0 spiro atoms. The predicted octanol–water partition coefficient (Wildman–Crippen LogP) is 2.24. The van der Waals surface area contributed by atoms with E-state index >= 15 is 0 Å². The molecular formula is C12H20ClF3N2O. The Hall–Kier alpha value is -0.490. The number of fused-ring (bicyclic) bond motifs is 2. The Bertz CT molecular complexity index is 311. The fourth-order valence-corrected chi connectivity index (χ4v) is 3.33. The average molecular weight is 301 g/mol. The number of rotatable bonds is 2. The largest absolute Gasteiger partial charge is 0.405 e. The van der Waals surface area contributed by atoms with Crippen molar-refractivity contribution in [3.63, 3.8) is 0 Å². The van der Waals surface area contributed by atoms with E-state index in [9.17, 15) is 18.0 Å². The summed E-state index contributed by atoms with van der Waals surface area (Å²) < 4.78 is 36.1. The predicted molar refractivity (Wildman–Crippen MR) is 67.8 cm³/mol. The molecule has 2 rings (SSSR count). The molecule has 2 fully saturated rings. The Kier molecular flexibility index (Phi) is 5.50. The summed E-state index contributed by atoms with van der Waals surface area (Å²) in [5.74, 6) is -0.142. The van der Waals surface area contributed by atoms with Crippen LogP contribution in [0.25, 0.3) is 0 Å². The molecule has 2 bridgehead atoms. The second kappa shape index (κ2) is 6.31. The van der Waals surface area contributed by atoms with Crippen LogP contribution in [-0.4, -0.2) is 24.7 Å². The normalized spacial score (nSPS) is 34.3. The molecule has 19 heavy (non-hydrogen) atoms. The van der Waals surface area contributed by atoms with Crippen LogP contribution in [0.5, 0.6) is 0 Å². The van der Waals surface area contributed by atoms with Crippen LogP contribution >= 0.6 is 12.4 Å². The van der Waals surface area contributed by atoms with E-state index < -0.39 is 18.6 Å². The van der Waals surface area contributed by atoms with E-state index in [1.807, 2.05) is 5.32 Å². The molecule has 0 radical (unpaired) electrons. The van der Waals surface area contributed by atoms with Gasteiger partial charge in [0.05, 0.1) is 0 Å². The number of amides is 1. The van der Waals surface area contributed by atoms with Crippen LogP contribution in [0.15, 0.2) is 0 Å². The lowest BCUT2D eigenvalue weighted by molar-refractivity contribution is -0.142. The molecule has 112 valence electrons. The molecule has 2 aliphatic rings. The standard InChI is InChI=1S/C12H19F3N2O.ClH/c13-12(14,15)6-17-11(18)9-4-7-2-1-3-8(5-9)10(7)16;/h7-10H,1-6,16H2,(H,17,18);1H. The van der Waals surface area contributed by atoms with E-state index in [1.54, 1.807) is 0 Å². The number of hydrogen-bond acceptors (Lipinski definition) is 2. The molecule has 2 aliphatic carbocycles. The SMILES string of the molecule is Cl.NC1C2CCCC1CC(C(=O)NCC(F)(F)F)C2. The Balaban J connectivity index is 0.00000180. The Morgan fingerprint density at radius 1 is 1.21 bits per heavy atom. The number of carbonyl (C=O) groups is 1. The van der Waals surface area contributed by atoms with Crippen LogP contribution in [0.3, 0.4) is 0 Å². The maximum Gasteiger partial charge on any atom is 0.405 e. The molecule has 2 saturated carbocycles. The van der Waals surface area contributed by atoms with Gasteiger partial charge in [0.2, 0.25) is 5.91 Å². The summed E-state index contributed by atoms with van der Waals surface area (Å²) in [5, 5.41) is 1.99. The zero-order valence-electron chi connectivity index (χ0n) is 10.6. The van der Waals surface area contributed by atoms with Gasteiger partial charge in [-0.05, 0) is 37.5 Å². The van der Waals surface area contributed by atoms with Crippen LogP contribution in [-0.2, 0) is 4.79 Å². The number of alkyl halides is 3. The van der Waals surface area contributed by atoms with Crippen molar-refractivity contribution in [2.45, 2.75) is 44.3 Å². The molecule has 3 N–H and O–H groups in total. The number of halogens is 4. The van der Waals surface area contributed by atoms with Gasteiger partial charge in [-0.15, -0.1) is 12.4 Å². The molecule has 0 saturated heterocycles. The summed E-state index contributed by atoms with van der Waals surface area (Å²) in [4.78, 5) is 11.7. The third-order valence-corrected chi connectivity index (χ3v) is 4.25. The Morgan fingerprint density at radius 3 is 2.21 bits per heavy atom. The van der Waals surface area contributed by atoms with Gasteiger partial charge in [0.1, 0.15) is 6.54 Å². The highest BCUT2D eigenvalue weighted by Crippen LogP contribution is 2.41. The van der Waals surface area contributed by atoms with Gasteiger partial charge in [-0.2, -0.15) is 13.2 Å². The quantitative estimate of drug-likeness (QED) is 0.822. The average Bonchev–Trinajstić information content (AvgIpc) is 2.24. The molecule has 3 nitrogen and oxygen atoms in total. The molecule has 2 unspecified atom stereocenters. The van der Waals surface area contributed by atoms with E-state index in [2.05, 4.69) is 0 Å². The van der Waals surface area contributed by atoms with Crippen molar-refractivity contribution in [2.24, 2.45) is 23.5 Å². The fraction of sp³-hybridized carbons (Fsp3) is 0.917. The molecule has 2 atom stereocenters. The van der Waals surface area contributed by atoms with E-state index in [0.29, 0.717) is 24.7 Å². The zero-order valence-corrected chi connectivity index (χ0v) is 11.4. The third-order valence-electron chi connectivity index (χ3n) is 4.25. The zero-order chi connectivity index (χ0) is 13.3. The molecule has 0 aliphatic heterocycles. The van der Waals surface area contributed by atoms with E-state index in [4.69, 9.17) is 5.73 Å². The first kappa shape index (κ1) is 16.6. The van der Waals surface area contributed by atoms with Crippen LogP contribution in [0.2, 0.25) is 0 Å². The van der Waals surface area contributed by atoms with Crippen molar-refractivity contribution in [1.29, 1.82) is 0 Å². The second-order valence-electron chi connectivity index (χ2n) is 5.53. The summed E-state index contributed by atoms with van der Waals surface area (Å²) in [5.41, 5.74) is 6.08. The minimum absolute atomic E-state index is 0. The number of nitrogens with one attached hydrogen (secondary N) is 1. The Morgan fingerprint density at radius 2 is 1.74 bits per heavy atom. The molecule has 1 amide bonds. The molecule has 0 aromatic heterocycles. The highest BCUT2D eigenvalue weighted by atomic mass is 35.5. The molecule has 0 heterocycles. The maximum absolute atomic E-state index is 12.0. The van der Waals surface area contributed by atoms with Gasteiger partial charge in [0.25, 0.3) is 0 Å². The number of hydrogen-bond donors (Lipinski definition) is 2. The minimum Gasteiger partial charge on any atom is -0.347 e. The van der Waals surface area contributed by atoms with Gasteiger partial charge in [-0.1, -0.05) is 6.42 Å².